The Hall–Kier alpha value is -3.18. The average Bonchev–Trinajstić information content (AvgIpc) is 3.59. The first kappa shape index (κ1) is 86.8. The van der Waals surface area contributed by atoms with E-state index in [-0.39, 0.29) is 25.2 Å². The maximum atomic E-state index is 12.4. The van der Waals surface area contributed by atoms with E-state index in [1.807, 2.05) is 0 Å². The summed E-state index contributed by atoms with van der Waals surface area (Å²) in [5.74, 6) is -0.571. The molecule has 0 rings (SSSR count). The van der Waals surface area contributed by atoms with Gasteiger partial charge in [-0.15, -0.1) is 0 Å². The smallest absolute Gasteiger partial charge is 0.306 e. The first-order valence-corrected chi connectivity index (χ1v) is 39.8. The van der Waals surface area contributed by atoms with Crippen molar-refractivity contribution in [2.75, 3.05) is 13.2 Å². The van der Waals surface area contributed by atoms with Gasteiger partial charge in [-0.1, -0.05) is 400 Å². The van der Waals surface area contributed by atoms with Gasteiger partial charge in [0.1, 0.15) is 6.61 Å². The summed E-state index contributed by atoms with van der Waals surface area (Å²) < 4.78 is 10.8. The standard InChI is InChI=1S/C85H152O5/c1-3-5-7-9-11-13-15-17-19-21-23-25-27-29-31-33-35-37-39-41-42-44-46-48-50-52-54-56-58-60-62-64-66-68-70-72-74-76-78-80-85(88)90-83(81-86)82-89-84(87)79-77-75-73-71-69-67-65-63-61-59-57-55-53-51-49-47-45-43-40-38-36-34-32-30-28-26-24-22-20-18-16-14-12-10-8-6-4-2/h5,7,11,13,17,19,22-25,29,31,35,37,41-42,83,86H,3-4,6,8-10,12,14-16,18,20-21,26-28,30,32-34,36,38-40,43-82H2,1-2H3/b7-5-,13-11-,19-17-,24-22-,25-23-,31-29-,37-35-,42-41-. The molecule has 0 saturated heterocycles. The van der Waals surface area contributed by atoms with Crippen LogP contribution in [0.5, 0.6) is 0 Å². The summed E-state index contributed by atoms with van der Waals surface area (Å²) in [6.45, 7) is 4.08. The number of unbranched alkanes of at least 4 members (excludes halogenated alkanes) is 50. The Morgan fingerprint density at radius 3 is 0.733 bits per heavy atom. The summed E-state index contributed by atoms with van der Waals surface area (Å²) in [4.78, 5) is 24.7. The van der Waals surface area contributed by atoms with Crippen molar-refractivity contribution < 1.29 is 24.2 Å². The third-order valence-corrected chi connectivity index (χ3v) is 17.9. The topological polar surface area (TPSA) is 72.8 Å². The van der Waals surface area contributed by atoms with Crippen LogP contribution in [0.1, 0.15) is 412 Å². The van der Waals surface area contributed by atoms with Crippen molar-refractivity contribution in [3.05, 3.63) is 97.2 Å². The summed E-state index contributed by atoms with van der Waals surface area (Å²) in [5, 5.41) is 9.73. The molecule has 0 spiro atoms. The second kappa shape index (κ2) is 80.1. The minimum atomic E-state index is -0.775. The molecule has 1 unspecified atom stereocenters. The number of hydrogen-bond donors (Lipinski definition) is 1. The molecule has 90 heavy (non-hydrogen) atoms. The predicted octanol–water partition coefficient (Wildman–Crippen LogP) is 28.1. The molecule has 0 heterocycles. The van der Waals surface area contributed by atoms with Crippen molar-refractivity contribution in [1.29, 1.82) is 0 Å². The summed E-state index contributed by atoms with van der Waals surface area (Å²) >= 11 is 0. The lowest BCUT2D eigenvalue weighted by molar-refractivity contribution is -0.161. The quantitative estimate of drug-likeness (QED) is 0.0373. The number of rotatable bonds is 74. The number of allylic oxidation sites excluding steroid dienone is 16. The monoisotopic (exact) mass is 1250 g/mol. The Kier molecular flexibility index (Phi) is 77.2. The van der Waals surface area contributed by atoms with Gasteiger partial charge >= 0.3 is 11.9 Å². The number of esters is 2. The third-order valence-electron chi connectivity index (χ3n) is 17.9. The highest BCUT2D eigenvalue weighted by Gasteiger charge is 2.16. The number of carbonyl (C=O) groups excluding carboxylic acids is 2. The maximum absolute atomic E-state index is 12.4. The summed E-state index contributed by atoms with van der Waals surface area (Å²) in [7, 11) is 0. The first-order valence-electron chi connectivity index (χ1n) is 39.8. The van der Waals surface area contributed by atoms with Crippen LogP contribution in [0.3, 0.4) is 0 Å². The molecule has 0 radical (unpaired) electrons. The highest BCUT2D eigenvalue weighted by atomic mass is 16.6. The van der Waals surface area contributed by atoms with Gasteiger partial charge in [0.25, 0.3) is 0 Å². The Balaban J connectivity index is 3.41. The van der Waals surface area contributed by atoms with Crippen LogP contribution < -0.4 is 0 Å². The zero-order valence-electron chi connectivity index (χ0n) is 60.1. The molecule has 0 bridgehead atoms. The second-order valence-electron chi connectivity index (χ2n) is 26.8. The van der Waals surface area contributed by atoms with Crippen LogP contribution in [-0.2, 0) is 19.1 Å². The van der Waals surface area contributed by atoms with E-state index in [9.17, 15) is 14.7 Å². The fourth-order valence-corrected chi connectivity index (χ4v) is 11.9. The number of ether oxygens (including phenoxy) is 2. The van der Waals surface area contributed by atoms with Crippen molar-refractivity contribution >= 4 is 11.9 Å². The molecule has 0 saturated carbocycles. The Morgan fingerprint density at radius 1 is 0.267 bits per heavy atom. The summed E-state index contributed by atoms with van der Waals surface area (Å²) in [6.07, 6.45) is 115. The molecule has 0 fully saturated rings. The molecule has 5 heteroatoms. The Labute approximate surface area is 561 Å². The molecule has 1 atom stereocenters. The fourth-order valence-electron chi connectivity index (χ4n) is 11.9. The maximum Gasteiger partial charge on any atom is 0.306 e. The van der Waals surface area contributed by atoms with Crippen LogP contribution in [0.4, 0.5) is 0 Å². The molecule has 522 valence electrons. The zero-order chi connectivity index (χ0) is 64.7. The fraction of sp³-hybridized carbons (Fsp3) is 0.788. The number of carbonyl (C=O) groups is 2. The normalized spacial score (nSPS) is 12.7. The molecular weight excluding hydrogens is 1100 g/mol. The predicted molar refractivity (Wildman–Crippen MR) is 399 cm³/mol. The van der Waals surface area contributed by atoms with Gasteiger partial charge in [-0.3, -0.25) is 9.59 Å². The van der Waals surface area contributed by atoms with Crippen LogP contribution in [-0.4, -0.2) is 36.4 Å². The van der Waals surface area contributed by atoms with Crippen molar-refractivity contribution in [3.8, 4) is 0 Å². The van der Waals surface area contributed by atoms with Crippen LogP contribution in [0.25, 0.3) is 0 Å². The van der Waals surface area contributed by atoms with Gasteiger partial charge < -0.3 is 14.6 Å². The molecule has 0 aliphatic rings. The van der Waals surface area contributed by atoms with Crippen molar-refractivity contribution in [2.24, 2.45) is 0 Å². The summed E-state index contributed by atoms with van der Waals surface area (Å²) in [5.41, 5.74) is 0. The SMILES string of the molecule is CC/C=C\C/C=C\C/C=C\C/C=C\C/C=C\C/C=C\C/C=C\CCCCCCCCCCCCCCCCCCCC(=O)OC(CO)COC(=O)CCCCCCCCCCCCCCCCCCCCCCCCCCC/C=C\CCCCCCCCCC. The zero-order valence-corrected chi connectivity index (χ0v) is 60.1. The molecule has 0 aliphatic carbocycles. The second-order valence-corrected chi connectivity index (χ2v) is 26.8. The minimum Gasteiger partial charge on any atom is -0.462 e. The van der Waals surface area contributed by atoms with Crippen molar-refractivity contribution in [2.45, 2.75) is 418 Å². The van der Waals surface area contributed by atoms with E-state index in [1.165, 1.54) is 302 Å². The average molecular weight is 1250 g/mol. The molecule has 0 aromatic rings. The summed E-state index contributed by atoms with van der Waals surface area (Å²) in [6, 6.07) is 0. The Morgan fingerprint density at radius 2 is 0.478 bits per heavy atom. The highest BCUT2D eigenvalue weighted by Crippen LogP contribution is 2.19. The molecule has 1 N–H and O–H groups in total. The minimum absolute atomic E-state index is 0.0629. The highest BCUT2D eigenvalue weighted by molar-refractivity contribution is 5.70. The van der Waals surface area contributed by atoms with Crippen molar-refractivity contribution in [1.82, 2.24) is 0 Å². The number of aliphatic hydroxyl groups is 1. The van der Waals surface area contributed by atoms with E-state index in [0.717, 1.165) is 83.5 Å². The van der Waals surface area contributed by atoms with E-state index in [1.54, 1.807) is 0 Å². The largest absolute Gasteiger partial charge is 0.462 e. The van der Waals surface area contributed by atoms with Gasteiger partial charge in [-0.2, -0.15) is 0 Å². The molecule has 0 aromatic heterocycles. The lowest BCUT2D eigenvalue weighted by Crippen LogP contribution is -2.28. The van der Waals surface area contributed by atoms with Crippen molar-refractivity contribution in [3.63, 3.8) is 0 Å². The van der Waals surface area contributed by atoms with Gasteiger partial charge in [0.15, 0.2) is 6.10 Å². The van der Waals surface area contributed by atoms with Gasteiger partial charge in [-0.25, -0.2) is 0 Å². The van der Waals surface area contributed by atoms with E-state index in [0.29, 0.717) is 12.8 Å². The van der Waals surface area contributed by atoms with Gasteiger partial charge in [0.2, 0.25) is 0 Å². The molecule has 0 aliphatic heterocycles. The van der Waals surface area contributed by atoms with E-state index in [4.69, 9.17) is 9.47 Å². The van der Waals surface area contributed by atoms with Crippen LogP contribution in [0.15, 0.2) is 97.2 Å². The lowest BCUT2D eigenvalue weighted by atomic mass is 10.0. The van der Waals surface area contributed by atoms with Gasteiger partial charge in [-0.05, 0) is 96.3 Å². The van der Waals surface area contributed by atoms with E-state index >= 15 is 0 Å². The van der Waals surface area contributed by atoms with Gasteiger partial charge in [0, 0.05) is 12.8 Å². The first-order chi connectivity index (χ1) is 44.6. The Bertz CT molecular complexity index is 1660. The van der Waals surface area contributed by atoms with Crippen LogP contribution >= 0.6 is 0 Å². The van der Waals surface area contributed by atoms with Crippen LogP contribution in [0.2, 0.25) is 0 Å². The van der Waals surface area contributed by atoms with E-state index < -0.39 is 6.10 Å². The molecule has 5 nitrogen and oxygen atoms in total. The van der Waals surface area contributed by atoms with Gasteiger partial charge in [0.05, 0.1) is 6.61 Å². The number of hydrogen-bond acceptors (Lipinski definition) is 5. The van der Waals surface area contributed by atoms with Crippen LogP contribution in [0, 0.1) is 0 Å². The molecule has 0 amide bonds. The third kappa shape index (κ3) is 77.3. The lowest BCUT2D eigenvalue weighted by Gasteiger charge is -2.15. The molecular formula is C85H152O5. The van der Waals surface area contributed by atoms with E-state index in [2.05, 4.69) is 111 Å². The molecule has 0 aromatic carbocycles. The number of aliphatic hydroxyl groups excluding tert-OH is 1.